The second-order valence-electron chi connectivity index (χ2n) is 4.06. The molecule has 0 saturated carbocycles. The maximum Gasteiger partial charge on any atom is 0.125 e. The molecule has 4 nitrogen and oxygen atoms in total. The molecule has 88 valence electrons. The minimum Gasteiger partial charge on any atom is -0.364 e. The van der Waals surface area contributed by atoms with E-state index in [0.717, 1.165) is 12.4 Å². The summed E-state index contributed by atoms with van der Waals surface area (Å²) in [7, 11) is 3.99. The van der Waals surface area contributed by atoms with E-state index in [0.29, 0.717) is 0 Å². The van der Waals surface area contributed by atoms with Crippen LogP contribution in [0, 0.1) is 0 Å². The largest absolute Gasteiger partial charge is 0.364 e. The van der Waals surface area contributed by atoms with Crippen LogP contribution in [0.15, 0.2) is 17.8 Å². The van der Waals surface area contributed by atoms with Crippen LogP contribution in [-0.4, -0.2) is 42.0 Å². The van der Waals surface area contributed by atoms with Crippen LogP contribution in [-0.2, 0) is 0 Å². The molecule has 0 saturated heterocycles. The monoisotopic (exact) mass is 212 g/mol. The second-order valence-corrected chi connectivity index (χ2v) is 4.06. The van der Waals surface area contributed by atoms with Gasteiger partial charge >= 0.3 is 0 Å². The third kappa shape index (κ3) is 4.34. The molecule has 0 amide bonds. The fourth-order valence-corrected chi connectivity index (χ4v) is 1.08. The van der Waals surface area contributed by atoms with E-state index in [1.807, 2.05) is 26.0 Å². The highest BCUT2D eigenvalue weighted by Crippen LogP contribution is 2.12. The van der Waals surface area contributed by atoms with Crippen molar-refractivity contribution in [2.24, 2.45) is 4.99 Å². The molecule has 0 aromatic heterocycles. The van der Waals surface area contributed by atoms with Gasteiger partial charge in [-0.05, 0) is 27.7 Å². The fraction of sp³-hybridized carbons (Fsp3) is 0.727. The lowest BCUT2D eigenvalue weighted by atomic mass is 10.2. The molecule has 0 aliphatic heterocycles. The molecular formula is C11H24N4. The summed E-state index contributed by atoms with van der Waals surface area (Å²) in [4.78, 5) is 6.77. The molecule has 0 aliphatic rings. The van der Waals surface area contributed by atoms with Gasteiger partial charge in [0.15, 0.2) is 0 Å². The third-order valence-corrected chi connectivity index (χ3v) is 2.57. The van der Waals surface area contributed by atoms with Gasteiger partial charge in [-0.3, -0.25) is 0 Å². The number of hydrazine groups is 1. The van der Waals surface area contributed by atoms with Gasteiger partial charge in [0.05, 0.1) is 5.84 Å². The standard InChI is InChI=1S/C11H24N4/c1-8-12-15(7)11(4,5)13-10(3)14(6)9-2/h8,12H,1,9H2,2-7H3/b13-10+. The molecule has 15 heavy (non-hydrogen) atoms. The maximum absolute atomic E-state index is 4.66. The first-order valence-electron chi connectivity index (χ1n) is 5.23. The molecule has 0 aromatic carbocycles. The Hall–Kier alpha value is -1.03. The van der Waals surface area contributed by atoms with Crippen LogP contribution in [0.3, 0.4) is 0 Å². The zero-order valence-corrected chi connectivity index (χ0v) is 10.8. The topological polar surface area (TPSA) is 30.9 Å². The molecule has 1 N–H and O–H groups in total. The van der Waals surface area contributed by atoms with Crippen molar-refractivity contribution in [2.45, 2.75) is 33.4 Å². The summed E-state index contributed by atoms with van der Waals surface area (Å²) in [6.07, 6.45) is 1.65. The minimum atomic E-state index is -0.290. The van der Waals surface area contributed by atoms with E-state index in [1.165, 1.54) is 0 Å². The molecule has 0 bridgehead atoms. The molecule has 0 aromatic rings. The predicted molar refractivity (Wildman–Crippen MR) is 66.6 cm³/mol. The van der Waals surface area contributed by atoms with Crippen LogP contribution < -0.4 is 5.43 Å². The second kappa shape index (κ2) is 5.75. The summed E-state index contributed by atoms with van der Waals surface area (Å²) in [6.45, 7) is 12.8. The maximum atomic E-state index is 4.66. The van der Waals surface area contributed by atoms with E-state index in [4.69, 9.17) is 0 Å². The molecule has 0 fully saturated rings. The number of rotatable bonds is 5. The molecule has 0 rings (SSSR count). The van der Waals surface area contributed by atoms with Crippen molar-refractivity contribution in [1.82, 2.24) is 15.3 Å². The first-order chi connectivity index (χ1) is 6.85. The number of hydrogen-bond acceptors (Lipinski definition) is 3. The molecule has 0 atom stereocenters. The Kier molecular flexibility index (Phi) is 5.36. The Morgan fingerprint density at radius 3 is 2.40 bits per heavy atom. The highest BCUT2D eigenvalue weighted by molar-refractivity contribution is 5.79. The number of nitrogens with zero attached hydrogens (tertiary/aromatic N) is 3. The van der Waals surface area contributed by atoms with Gasteiger partial charge in [-0.25, -0.2) is 10.0 Å². The average Bonchev–Trinajstić information content (AvgIpc) is 2.16. The van der Waals surface area contributed by atoms with Crippen LogP contribution in [0.25, 0.3) is 0 Å². The Morgan fingerprint density at radius 1 is 1.47 bits per heavy atom. The van der Waals surface area contributed by atoms with Crippen molar-refractivity contribution in [3.8, 4) is 0 Å². The lowest BCUT2D eigenvalue weighted by molar-refractivity contribution is 0.122. The van der Waals surface area contributed by atoms with Gasteiger partial charge in [-0.1, -0.05) is 6.58 Å². The van der Waals surface area contributed by atoms with E-state index in [9.17, 15) is 0 Å². The van der Waals surface area contributed by atoms with Gasteiger partial charge in [0.1, 0.15) is 5.66 Å². The summed E-state index contributed by atoms with van der Waals surface area (Å²) in [5.41, 5.74) is 2.73. The van der Waals surface area contributed by atoms with Gasteiger partial charge in [0.25, 0.3) is 0 Å². The van der Waals surface area contributed by atoms with E-state index in [2.05, 4.69) is 42.7 Å². The van der Waals surface area contributed by atoms with Gasteiger partial charge in [0.2, 0.25) is 0 Å². The summed E-state index contributed by atoms with van der Waals surface area (Å²) >= 11 is 0. The van der Waals surface area contributed by atoms with Crippen molar-refractivity contribution >= 4 is 5.84 Å². The van der Waals surface area contributed by atoms with Gasteiger partial charge in [0, 0.05) is 26.8 Å². The summed E-state index contributed by atoms with van der Waals surface area (Å²) in [6, 6.07) is 0. The summed E-state index contributed by atoms with van der Waals surface area (Å²) in [5, 5.41) is 1.92. The Bertz CT molecular complexity index is 233. The van der Waals surface area contributed by atoms with Crippen LogP contribution >= 0.6 is 0 Å². The number of hydrogen-bond donors (Lipinski definition) is 1. The first-order valence-corrected chi connectivity index (χ1v) is 5.23. The van der Waals surface area contributed by atoms with Crippen molar-refractivity contribution in [2.75, 3.05) is 20.6 Å². The molecule has 0 heterocycles. The van der Waals surface area contributed by atoms with E-state index >= 15 is 0 Å². The highest BCUT2D eigenvalue weighted by atomic mass is 15.5. The summed E-state index contributed by atoms with van der Waals surface area (Å²) in [5.74, 6) is 1.03. The van der Waals surface area contributed by atoms with E-state index in [1.54, 1.807) is 6.20 Å². The number of amidine groups is 1. The number of nitrogens with one attached hydrogen (secondary N) is 1. The molecule has 0 unspecified atom stereocenters. The molecule has 4 heteroatoms. The molecule has 0 radical (unpaired) electrons. The molecular weight excluding hydrogens is 188 g/mol. The van der Waals surface area contributed by atoms with Crippen molar-refractivity contribution in [3.63, 3.8) is 0 Å². The van der Waals surface area contributed by atoms with Gasteiger partial charge in [-0.15, -0.1) is 0 Å². The SMILES string of the molecule is C=CNN(C)C(C)(C)/N=C(\C)N(C)CC. The normalized spacial score (nSPS) is 12.9. The van der Waals surface area contributed by atoms with Crippen LogP contribution in [0.4, 0.5) is 0 Å². The average molecular weight is 212 g/mol. The lowest BCUT2D eigenvalue weighted by Crippen LogP contribution is -2.47. The third-order valence-electron chi connectivity index (χ3n) is 2.57. The van der Waals surface area contributed by atoms with Crippen molar-refractivity contribution < 1.29 is 0 Å². The van der Waals surface area contributed by atoms with Gasteiger partial charge in [-0.2, -0.15) is 0 Å². The van der Waals surface area contributed by atoms with Crippen LogP contribution in [0.5, 0.6) is 0 Å². The smallest absolute Gasteiger partial charge is 0.125 e. The Morgan fingerprint density at radius 2 is 2.00 bits per heavy atom. The van der Waals surface area contributed by atoms with Crippen LogP contribution in [0.2, 0.25) is 0 Å². The van der Waals surface area contributed by atoms with Crippen molar-refractivity contribution in [1.29, 1.82) is 0 Å². The predicted octanol–water partition coefficient (Wildman–Crippen LogP) is 1.67. The molecule has 0 aliphatic carbocycles. The highest BCUT2D eigenvalue weighted by Gasteiger charge is 2.22. The van der Waals surface area contributed by atoms with Crippen LogP contribution in [0.1, 0.15) is 27.7 Å². The Labute approximate surface area is 93.6 Å². The number of aliphatic imine (C=N–C) groups is 1. The fourth-order valence-electron chi connectivity index (χ4n) is 1.08. The lowest BCUT2D eigenvalue weighted by Gasteiger charge is -2.33. The molecule has 0 spiro atoms. The van der Waals surface area contributed by atoms with Gasteiger partial charge < -0.3 is 10.3 Å². The quantitative estimate of drug-likeness (QED) is 0.427. The van der Waals surface area contributed by atoms with E-state index in [-0.39, 0.29) is 5.66 Å². The zero-order valence-electron chi connectivity index (χ0n) is 10.8. The first kappa shape index (κ1) is 14.0. The van der Waals surface area contributed by atoms with Crippen molar-refractivity contribution in [3.05, 3.63) is 12.8 Å². The summed E-state index contributed by atoms with van der Waals surface area (Å²) < 4.78 is 0. The zero-order chi connectivity index (χ0) is 12.1. The van der Waals surface area contributed by atoms with E-state index < -0.39 is 0 Å². The minimum absolute atomic E-state index is 0.290. The Balaban J connectivity index is 4.65.